The topological polar surface area (TPSA) is 0 Å². The van der Waals surface area contributed by atoms with Crippen molar-refractivity contribution in [3.05, 3.63) is 33.0 Å². The zero-order chi connectivity index (χ0) is 5.72. The Morgan fingerprint density at radius 1 is 1.12 bits per heavy atom. The van der Waals surface area contributed by atoms with Crippen molar-refractivity contribution in [2.75, 3.05) is 0 Å². The van der Waals surface area contributed by atoms with Crippen molar-refractivity contribution in [2.45, 2.75) is 0 Å². The lowest BCUT2D eigenvalue weighted by Gasteiger charge is -1.61. The van der Waals surface area contributed by atoms with Crippen LogP contribution in [0.5, 0.6) is 0 Å². The first-order valence-corrected chi connectivity index (χ1v) is 2.62. The van der Waals surface area contributed by atoms with Crippen LogP contribution in [-0.4, -0.2) is 0 Å². The molecule has 0 aromatic heterocycles. The lowest BCUT2D eigenvalue weighted by molar-refractivity contribution is 1.70. The molecule has 0 spiro atoms. The summed E-state index contributed by atoms with van der Waals surface area (Å²) in [5.74, 6) is 0. The van der Waals surface area contributed by atoms with Gasteiger partial charge in [0, 0.05) is 0 Å². The first-order chi connectivity index (χ1) is 3.80. The normalized spacial score (nSPS) is 11.5. The third-order valence-corrected chi connectivity index (χ3v) is 1.61. The van der Waals surface area contributed by atoms with E-state index in [1.54, 1.807) is 0 Å². The van der Waals surface area contributed by atoms with Gasteiger partial charge in [0.1, 0.15) is 0 Å². The average Bonchev–Trinajstić information content (AvgIpc) is 2.13. The second kappa shape index (κ2) is 0.873. The number of rotatable bonds is 0. The van der Waals surface area contributed by atoms with Crippen LogP contribution in [0, 0.1) is 10.4 Å². The van der Waals surface area contributed by atoms with Crippen LogP contribution in [0.1, 0.15) is 0 Å². The minimum Gasteiger partial charge on any atom is -0.0911 e. The van der Waals surface area contributed by atoms with E-state index in [1.807, 2.05) is 6.07 Å². The molecule has 0 atom stereocenters. The van der Waals surface area contributed by atoms with E-state index >= 15 is 0 Å². The van der Waals surface area contributed by atoms with Gasteiger partial charge in [-0.25, -0.2) is 0 Å². The summed E-state index contributed by atoms with van der Waals surface area (Å²) in [5.41, 5.74) is 0. The summed E-state index contributed by atoms with van der Waals surface area (Å²) in [6.45, 7) is 7.64. The van der Waals surface area contributed by atoms with Gasteiger partial charge >= 0.3 is 0 Å². The highest BCUT2D eigenvalue weighted by Gasteiger charge is 1.99. The Morgan fingerprint density at radius 2 is 1.88 bits per heavy atom. The molecule has 0 aromatic carbocycles. The van der Waals surface area contributed by atoms with Crippen LogP contribution in [0.2, 0.25) is 0 Å². The van der Waals surface area contributed by atoms with Crippen molar-refractivity contribution in [3.63, 3.8) is 0 Å². The van der Waals surface area contributed by atoms with E-state index in [2.05, 4.69) is 19.2 Å². The lowest BCUT2D eigenvalue weighted by Crippen LogP contribution is -1.95. The fraction of sp³-hybridized carbons (Fsp3) is 0. The molecule has 2 aliphatic rings. The highest BCUT2D eigenvalue weighted by molar-refractivity contribution is 5.32. The summed E-state index contributed by atoms with van der Waals surface area (Å²) in [6, 6.07) is 4.10. The van der Waals surface area contributed by atoms with Gasteiger partial charge in [-0.3, -0.25) is 0 Å². The molecular weight excluding hydrogens is 96.1 g/mol. The van der Waals surface area contributed by atoms with E-state index in [1.165, 1.54) is 15.7 Å². The lowest BCUT2D eigenvalue weighted by atomic mass is 10.4. The maximum absolute atomic E-state index is 3.82. The smallest absolute Gasteiger partial charge is 0.00385 e. The maximum Gasteiger partial charge on any atom is -0.00385 e. The summed E-state index contributed by atoms with van der Waals surface area (Å²) in [5, 5.41) is 4.93. The van der Waals surface area contributed by atoms with Gasteiger partial charge in [0.05, 0.1) is 0 Å². The highest BCUT2D eigenvalue weighted by Crippen LogP contribution is 1.89. The summed E-state index contributed by atoms with van der Waals surface area (Å²) in [4.78, 5) is 0. The monoisotopic (exact) mass is 102 g/mol. The third-order valence-electron chi connectivity index (χ3n) is 1.61. The Kier molecular flexibility index (Phi) is 0.426. The van der Waals surface area contributed by atoms with Gasteiger partial charge in [-0.05, 0) is 20.9 Å². The molecular formula is C8H6. The predicted octanol–water partition coefficient (Wildman–Crippen LogP) is 0.108. The van der Waals surface area contributed by atoms with Crippen LogP contribution < -0.4 is 10.4 Å². The Hall–Kier alpha value is -1.04. The van der Waals surface area contributed by atoms with Crippen LogP contribution in [-0.2, 0) is 0 Å². The summed E-state index contributed by atoms with van der Waals surface area (Å²) >= 11 is 0. The van der Waals surface area contributed by atoms with Gasteiger partial charge in [0.15, 0.2) is 0 Å². The molecule has 0 heterocycles. The second-order valence-corrected chi connectivity index (χ2v) is 2.13. The molecule has 8 heavy (non-hydrogen) atoms. The van der Waals surface area contributed by atoms with Crippen molar-refractivity contribution >= 4 is 13.2 Å². The minimum absolute atomic E-state index is 1.13. The first kappa shape index (κ1) is 3.90. The predicted molar refractivity (Wildman–Crippen MR) is 34.4 cm³/mol. The van der Waals surface area contributed by atoms with Crippen molar-refractivity contribution in [1.29, 1.82) is 0 Å². The van der Waals surface area contributed by atoms with Crippen LogP contribution in [0.15, 0.2) is 12.1 Å². The minimum atomic E-state index is 1.13. The molecule has 0 aliphatic heterocycles. The molecule has 0 N–H and O–H groups in total. The van der Waals surface area contributed by atoms with Gasteiger partial charge in [-0.2, -0.15) is 0 Å². The van der Waals surface area contributed by atoms with E-state index in [0.717, 1.165) is 5.22 Å². The molecule has 0 heteroatoms. The molecule has 0 unspecified atom stereocenters. The summed E-state index contributed by atoms with van der Waals surface area (Å²) in [7, 11) is 0. The van der Waals surface area contributed by atoms with Gasteiger partial charge < -0.3 is 0 Å². The van der Waals surface area contributed by atoms with Crippen molar-refractivity contribution in [2.24, 2.45) is 0 Å². The van der Waals surface area contributed by atoms with Crippen molar-refractivity contribution in [1.82, 2.24) is 0 Å². The second-order valence-electron chi connectivity index (χ2n) is 2.13. The summed E-state index contributed by atoms with van der Waals surface area (Å²) in [6.07, 6.45) is 0. The molecule has 0 amide bonds. The van der Waals surface area contributed by atoms with Gasteiger partial charge in [0.25, 0.3) is 0 Å². The van der Waals surface area contributed by atoms with E-state index < -0.39 is 0 Å². The SMILES string of the molecule is C=c1ccc2c(=C)c1=2. The quantitative estimate of drug-likeness (QED) is 0.443. The Bertz CT molecular complexity index is 413. The summed E-state index contributed by atoms with van der Waals surface area (Å²) < 4.78 is 0. The van der Waals surface area contributed by atoms with Crippen molar-refractivity contribution < 1.29 is 0 Å². The standard InChI is InChI=1S/C8H6/c1-5-3-4-7-6(2)8(5)7/h3-4H,1-2H2. The molecule has 0 fully saturated rings. The van der Waals surface area contributed by atoms with E-state index in [-0.39, 0.29) is 0 Å². The van der Waals surface area contributed by atoms with Crippen LogP contribution in [0.4, 0.5) is 0 Å². The maximum atomic E-state index is 3.82. The molecule has 38 valence electrons. The van der Waals surface area contributed by atoms with Gasteiger partial charge in [-0.15, -0.1) is 0 Å². The molecule has 0 saturated heterocycles. The van der Waals surface area contributed by atoms with E-state index in [9.17, 15) is 0 Å². The zero-order valence-corrected chi connectivity index (χ0v) is 4.57. The number of hydrogen-bond donors (Lipinski definition) is 0. The largest absolute Gasteiger partial charge is 0.0911 e. The Labute approximate surface area is 47.1 Å². The van der Waals surface area contributed by atoms with Gasteiger partial charge in [0.2, 0.25) is 0 Å². The fourth-order valence-electron chi connectivity index (χ4n) is 1.06. The molecule has 2 rings (SSSR count). The van der Waals surface area contributed by atoms with Crippen LogP contribution >= 0.6 is 0 Å². The zero-order valence-electron chi connectivity index (χ0n) is 4.57. The molecule has 2 aliphatic carbocycles. The molecule has 0 saturated carbocycles. The van der Waals surface area contributed by atoms with E-state index in [0.29, 0.717) is 0 Å². The first-order valence-electron chi connectivity index (χ1n) is 2.62. The molecule has 0 radical (unpaired) electrons. The van der Waals surface area contributed by atoms with Crippen LogP contribution in [0.3, 0.4) is 0 Å². The van der Waals surface area contributed by atoms with Crippen molar-refractivity contribution in [3.8, 4) is 0 Å². The Balaban J connectivity index is 3.35. The fourth-order valence-corrected chi connectivity index (χ4v) is 1.06. The van der Waals surface area contributed by atoms with Crippen LogP contribution in [0.25, 0.3) is 13.2 Å². The molecule has 0 bridgehead atoms. The average molecular weight is 102 g/mol. The molecule has 0 nitrogen and oxygen atoms in total. The van der Waals surface area contributed by atoms with E-state index in [4.69, 9.17) is 0 Å². The highest BCUT2D eigenvalue weighted by atomic mass is 14.0. The number of benzene rings is 1. The van der Waals surface area contributed by atoms with Gasteiger partial charge in [-0.1, -0.05) is 25.3 Å². The Morgan fingerprint density at radius 3 is 2.12 bits per heavy atom. The molecule has 0 aromatic rings. The third kappa shape index (κ3) is 0.241. The number of hydrogen-bond acceptors (Lipinski definition) is 0.